The Hall–Kier alpha value is -1.17. The summed E-state index contributed by atoms with van der Waals surface area (Å²) in [7, 11) is 0. The van der Waals surface area contributed by atoms with Gasteiger partial charge in [0, 0.05) is 0 Å². The van der Waals surface area contributed by atoms with E-state index in [1.807, 2.05) is 0 Å². The van der Waals surface area contributed by atoms with E-state index in [9.17, 15) is 52.7 Å². The zero-order valence-electron chi connectivity index (χ0n) is 9.69. The summed E-state index contributed by atoms with van der Waals surface area (Å²) in [5.74, 6) is 0. The Morgan fingerprint density at radius 1 is 0.667 bits per heavy atom. The van der Waals surface area contributed by atoms with E-state index in [0.29, 0.717) is 0 Å². The molecule has 126 valence electrons. The zero-order valence-corrected chi connectivity index (χ0v) is 9.69. The molecule has 1 nitrogen and oxygen atoms in total. The average Bonchev–Trinajstić information content (AvgIpc) is 2.07. The van der Waals surface area contributed by atoms with Crippen molar-refractivity contribution < 1.29 is 52.7 Å². The predicted octanol–water partition coefficient (Wildman–Crippen LogP) is 5.03. The van der Waals surface area contributed by atoms with Crippen LogP contribution in [-0.2, 0) is 0 Å². The molecule has 0 bridgehead atoms. The molecule has 0 aromatic rings. The van der Waals surface area contributed by atoms with Crippen LogP contribution in [0.3, 0.4) is 0 Å². The van der Waals surface area contributed by atoms with Crippen molar-refractivity contribution in [2.45, 2.75) is 38.2 Å². The van der Waals surface area contributed by atoms with Crippen molar-refractivity contribution in [1.29, 1.82) is 0 Å². The van der Waals surface area contributed by atoms with Crippen molar-refractivity contribution in [3.63, 3.8) is 0 Å². The minimum atomic E-state index is -7.11. The van der Waals surface area contributed by atoms with E-state index < -0.39 is 42.4 Å². The minimum Gasteiger partial charge on any atom is -0.192 e. The Morgan fingerprint density at radius 3 is 1.10 bits per heavy atom. The fourth-order valence-corrected chi connectivity index (χ4v) is 1.55. The third-order valence-corrected chi connectivity index (χ3v) is 2.31. The quantitative estimate of drug-likeness (QED) is 0.379. The molecule has 0 rings (SSSR count). The summed E-state index contributed by atoms with van der Waals surface area (Å²) in [6, 6.07) is 0. The number of hydrogen-bond donors (Lipinski definition) is 0. The predicted molar refractivity (Wildman–Crippen MR) is 44.4 cm³/mol. The molecular weight excluding hydrogens is 338 g/mol. The molecule has 0 unspecified atom stereocenters. The Balaban J connectivity index is 6.77. The SMILES string of the molecule is CC/C(=N\C(F)(F)F)C(C(F)(F)F)(C(F)(F)F)C(F)(F)F. The van der Waals surface area contributed by atoms with E-state index in [4.69, 9.17) is 0 Å². The number of alkyl halides is 12. The van der Waals surface area contributed by atoms with E-state index in [1.54, 1.807) is 0 Å². The molecule has 0 spiro atoms. The molecule has 0 saturated carbocycles. The highest BCUT2D eigenvalue weighted by Gasteiger charge is 2.85. The van der Waals surface area contributed by atoms with Crippen LogP contribution in [0.5, 0.6) is 0 Å². The van der Waals surface area contributed by atoms with Gasteiger partial charge in [0.05, 0.1) is 5.71 Å². The molecule has 0 aliphatic rings. The Morgan fingerprint density at radius 2 is 0.952 bits per heavy atom. The second-order valence-electron chi connectivity index (χ2n) is 3.62. The van der Waals surface area contributed by atoms with Crippen molar-refractivity contribution in [3.8, 4) is 0 Å². The highest BCUT2D eigenvalue weighted by atomic mass is 19.4. The number of hydrogen-bond acceptors (Lipinski definition) is 1. The van der Waals surface area contributed by atoms with Gasteiger partial charge in [-0.3, -0.25) is 0 Å². The highest BCUT2D eigenvalue weighted by molar-refractivity contribution is 5.92. The fourth-order valence-electron chi connectivity index (χ4n) is 1.55. The van der Waals surface area contributed by atoms with Crippen molar-refractivity contribution in [3.05, 3.63) is 0 Å². The van der Waals surface area contributed by atoms with Crippen molar-refractivity contribution in [1.82, 2.24) is 0 Å². The first-order valence-corrected chi connectivity index (χ1v) is 4.78. The molecule has 0 aliphatic heterocycles. The van der Waals surface area contributed by atoms with Crippen LogP contribution in [0.15, 0.2) is 4.99 Å². The van der Waals surface area contributed by atoms with Crippen molar-refractivity contribution >= 4 is 5.71 Å². The lowest BCUT2D eigenvalue weighted by Gasteiger charge is -2.39. The van der Waals surface area contributed by atoms with Crippen molar-refractivity contribution in [2.24, 2.45) is 10.4 Å². The summed E-state index contributed by atoms with van der Waals surface area (Å²) in [4.78, 5) is 1.06. The summed E-state index contributed by atoms with van der Waals surface area (Å²) >= 11 is 0. The molecule has 0 heterocycles. The average molecular weight is 343 g/mol. The molecule has 0 N–H and O–H groups in total. The van der Waals surface area contributed by atoms with E-state index in [0.717, 1.165) is 4.99 Å². The third kappa shape index (κ3) is 3.54. The van der Waals surface area contributed by atoms with Crippen LogP contribution in [0.2, 0.25) is 0 Å². The van der Waals surface area contributed by atoms with E-state index in [2.05, 4.69) is 0 Å². The highest BCUT2D eigenvalue weighted by Crippen LogP contribution is 2.60. The first kappa shape index (κ1) is 19.8. The van der Waals surface area contributed by atoms with Gasteiger partial charge in [-0.05, 0) is 6.42 Å². The van der Waals surface area contributed by atoms with Gasteiger partial charge in [0.1, 0.15) is 0 Å². The molecule has 13 heteroatoms. The first-order chi connectivity index (χ1) is 8.92. The number of nitrogens with zero attached hydrogens (tertiary/aromatic N) is 1. The lowest BCUT2D eigenvalue weighted by Crippen LogP contribution is -2.64. The van der Waals surface area contributed by atoms with Crippen LogP contribution in [0, 0.1) is 5.41 Å². The van der Waals surface area contributed by atoms with Gasteiger partial charge in [0.25, 0.3) is 5.41 Å². The van der Waals surface area contributed by atoms with Gasteiger partial charge in [-0.2, -0.15) is 44.5 Å². The lowest BCUT2D eigenvalue weighted by molar-refractivity contribution is -0.397. The third-order valence-electron chi connectivity index (χ3n) is 2.31. The van der Waals surface area contributed by atoms with Gasteiger partial charge in [0.2, 0.25) is 0 Å². The normalized spacial score (nSPS) is 16.3. The number of aliphatic imine (C=N–C) groups is 1. The summed E-state index contributed by atoms with van der Waals surface area (Å²) in [5.41, 5.74) is -9.81. The van der Waals surface area contributed by atoms with Gasteiger partial charge >= 0.3 is 24.8 Å². The second-order valence-corrected chi connectivity index (χ2v) is 3.62. The Labute approximate surface area is 108 Å². The fraction of sp³-hybridized carbons (Fsp3) is 0.875. The van der Waals surface area contributed by atoms with Crippen LogP contribution < -0.4 is 0 Å². The molecule has 21 heavy (non-hydrogen) atoms. The van der Waals surface area contributed by atoms with E-state index in [1.165, 1.54) is 0 Å². The number of halogens is 12. The monoisotopic (exact) mass is 343 g/mol. The van der Waals surface area contributed by atoms with Gasteiger partial charge < -0.3 is 0 Å². The summed E-state index contributed by atoms with van der Waals surface area (Å²) in [6.07, 6.45) is -29.2. The second kappa shape index (κ2) is 5.23. The maximum absolute atomic E-state index is 12.5. The topological polar surface area (TPSA) is 12.4 Å². The van der Waals surface area contributed by atoms with E-state index in [-0.39, 0.29) is 6.92 Å². The van der Waals surface area contributed by atoms with Crippen molar-refractivity contribution in [2.75, 3.05) is 0 Å². The van der Waals surface area contributed by atoms with Gasteiger partial charge in [-0.15, -0.1) is 13.2 Å². The minimum absolute atomic E-state index is 0.266. The molecule has 0 aliphatic carbocycles. The standard InChI is InChI=1S/C8H5F12N/c1-2-3(21-8(18,19)20)4(5(9,10)11,6(12,13)14)7(15,16)17/h2H2,1H3/b21-3+. The molecule has 0 aromatic heterocycles. The van der Waals surface area contributed by atoms with Crippen LogP contribution in [0.4, 0.5) is 52.7 Å². The molecule has 0 aromatic carbocycles. The maximum Gasteiger partial charge on any atom is 0.503 e. The van der Waals surface area contributed by atoms with Gasteiger partial charge in [-0.1, -0.05) is 6.92 Å². The largest absolute Gasteiger partial charge is 0.503 e. The lowest BCUT2D eigenvalue weighted by atomic mass is 9.78. The smallest absolute Gasteiger partial charge is 0.192 e. The number of rotatable bonds is 2. The molecule has 0 saturated heterocycles. The molecule has 0 amide bonds. The molecule has 0 atom stereocenters. The van der Waals surface area contributed by atoms with Crippen LogP contribution >= 0.6 is 0 Å². The van der Waals surface area contributed by atoms with Gasteiger partial charge in [-0.25, -0.2) is 0 Å². The molecule has 0 radical (unpaired) electrons. The van der Waals surface area contributed by atoms with Crippen LogP contribution in [0.25, 0.3) is 0 Å². The molecular formula is C8H5F12N. The Kier molecular flexibility index (Phi) is 4.94. The maximum atomic E-state index is 12.5. The Bertz CT molecular complexity index is 355. The summed E-state index contributed by atoms with van der Waals surface area (Å²) in [6.45, 7) is 0.266. The summed E-state index contributed by atoms with van der Waals surface area (Å²) in [5, 5.41) is 0. The zero-order chi connectivity index (χ0) is 17.5. The van der Waals surface area contributed by atoms with Crippen LogP contribution in [-0.4, -0.2) is 30.5 Å². The summed E-state index contributed by atoms with van der Waals surface area (Å²) < 4.78 is 148. The molecule has 0 fully saturated rings. The van der Waals surface area contributed by atoms with Crippen LogP contribution in [0.1, 0.15) is 13.3 Å². The van der Waals surface area contributed by atoms with E-state index >= 15 is 0 Å². The first-order valence-electron chi connectivity index (χ1n) is 4.78. The van der Waals surface area contributed by atoms with Gasteiger partial charge in [0.15, 0.2) is 0 Å².